The molecule has 1 aromatic heterocycles. The molecule has 0 saturated carbocycles. The third kappa shape index (κ3) is 4.88. The van der Waals surface area contributed by atoms with Gasteiger partial charge in [-0.15, -0.1) is 0 Å². The van der Waals surface area contributed by atoms with Crippen LogP contribution in [0.3, 0.4) is 0 Å². The van der Waals surface area contributed by atoms with E-state index in [0.717, 1.165) is 0 Å². The number of carbonyl (C=O) groups excluding carboxylic acids is 1. The highest BCUT2D eigenvalue weighted by Gasteiger charge is 2.15. The fourth-order valence-electron chi connectivity index (χ4n) is 1.38. The molecule has 0 aliphatic heterocycles. The summed E-state index contributed by atoms with van der Waals surface area (Å²) >= 11 is 0. The van der Waals surface area contributed by atoms with Crippen LogP contribution in [0.5, 0.6) is 0 Å². The molecule has 0 spiro atoms. The second-order valence-corrected chi connectivity index (χ2v) is 4.06. The summed E-state index contributed by atoms with van der Waals surface area (Å²) in [7, 11) is 1.69. The van der Waals surface area contributed by atoms with Gasteiger partial charge in [0, 0.05) is 18.9 Å². The molecule has 1 aromatic rings. The van der Waals surface area contributed by atoms with Gasteiger partial charge in [-0.3, -0.25) is 19.8 Å². The number of hydrogen-bond donors (Lipinski definition) is 2. The smallest absolute Gasteiger partial charge is 0.307 e. The van der Waals surface area contributed by atoms with E-state index < -0.39 is 11.9 Å². The highest BCUT2D eigenvalue weighted by atomic mass is 16.4. The molecule has 1 unspecified atom stereocenters. The van der Waals surface area contributed by atoms with Crippen LogP contribution in [0.15, 0.2) is 18.5 Å². The van der Waals surface area contributed by atoms with Crippen LogP contribution in [-0.4, -0.2) is 52.0 Å². The topological polar surface area (TPSA) is 95.4 Å². The molecule has 1 amide bonds. The zero-order chi connectivity index (χ0) is 13.5. The molecule has 18 heavy (non-hydrogen) atoms. The number of nitrogens with zero attached hydrogens (tertiary/aromatic N) is 3. The van der Waals surface area contributed by atoms with E-state index in [1.165, 1.54) is 12.4 Å². The lowest BCUT2D eigenvalue weighted by Crippen LogP contribution is -2.35. The molecule has 0 bridgehead atoms. The first-order valence-corrected chi connectivity index (χ1v) is 5.47. The fourth-order valence-corrected chi connectivity index (χ4v) is 1.38. The van der Waals surface area contributed by atoms with Gasteiger partial charge in [-0.05, 0) is 13.1 Å². The number of aliphatic carboxylic acids is 1. The molecule has 2 N–H and O–H groups in total. The molecule has 0 saturated heterocycles. The van der Waals surface area contributed by atoms with E-state index in [9.17, 15) is 9.59 Å². The number of carboxylic acid groups (broad SMARTS) is 1. The van der Waals surface area contributed by atoms with Crippen LogP contribution in [0.4, 0.5) is 5.95 Å². The molecule has 0 aromatic carbocycles. The van der Waals surface area contributed by atoms with Crippen molar-refractivity contribution in [1.82, 2.24) is 14.9 Å². The Bertz CT molecular complexity index is 410. The van der Waals surface area contributed by atoms with E-state index in [1.807, 2.05) is 0 Å². The lowest BCUT2D eigenvalue weighted by molar-refractivity contribution is -0.141. The van der Waals surface area contributed by atoms with E-state index in [0.29, 0.717) is 6.54 Å². The molecule has 0 radical (unpaired) electrons. The van der Waals surface area contributed by atoms with Gasteiger partial charge < -0.3 is 5.11 Å². The summed E-state index contributed by atoms with van der Waals surface area (Å²) in [5, 5.41) is 11.3. The van der Waals surface area contributed by atoms with Crippen LogP contribution in [0, 0.1) is 5.92 Å². The number of nitrogens with one attached hydrogen (secondary N) is 1. The van der Waals surface area contributed by atoms with E-state index in [2.05, 4.69) is 15.3 Å². The third-order valence-electron chi connectivity index (χ3n) is 2.24. The number of carbonyl (C=O) groups is 2. The maximum atomic E-state index is 11.6. The summed E-state index contributed by atoms with van der Waals surface area (Å²) in [5.74, 6) is -1.44. The maximum Gasteiger partial charge on any atom is 0.307 e. The molecule has 1 rings (SSSR count). The van der Waals surface area contributed by atoms with Crippen molar-refractivity contribution in [2.45, 2.75) is 6.92 Å². The van der Waals surface area contributed by atoms with Crippen LogP contribution in [0.1, 0.15) is 6.92 Å². The van der Waals surface area contributed by atoms with Crippen molar-refractivity contribution in [3.63, 3.8) is 0 Å². The maximum absolute atomic E-state index is 11.6. The van der Waals surface area contributed by atoms with Gasteiger partial charge in [0.1, 0.15) is 0 Å². The minimum atomic E-state index is -0.881. The third-order valence-corrected chi connectivity index (χ3v) is 2.24. The molecule has 1 heterocycles. The first kappa shape index (κ1) is 14.0. The van der Waals surface area contributed by atoms with Gasteiger partial charge in [0.25, 0.3) is 0 Å². The van der Waals surface area contributed by atoms with Crippen molar-refractivity contribution in [2.75, 3.05) is 25.5 Å². The number of aromatic nitrogens is 2. The summed E-state index contributed by atoms with van der Waals surface area (Å²) in [6.45, 7) is 1.99. The molecule has 7 heteroatoms. The summed E-state index contributed by atoms with van der Waals surface area (Å²) in [6.07, 6.45) is 3.05. The lowest BCUT2D eigenvalue weighted by Gasteiger charge is -2.17. The molecule has 1 atom stereocenters. The zero-order valence-electron chi connectivity index (χ0n) is 10.3. The van der Waals surface area contributed by atoms with Gasteiger partial charge in [-0.1, -0.05) is 6.92 Å². The number of rotatable bonds is 6. The molecule has 98 valence electrons. The van der Waals surface area contributed by atoms with Gasteiger partial charge in [0.05, 0.1) is 12.5 Å². The van der Waals surface area contributed by atoms with Crippen molar-refractivity contribution in [3.8, 4) is 0 Å². The van der Waals surface area contributed by atoms with E-state index >= 15 is 0 Å². The summed E-state index contributed by atoms with van der Waals surface area (Å²) < 4.78 is 0. The van der Waals surface area contributed by atoms with Crippen LogP contribution >= 0.6 is 0 Å². The molecule has 0 aliphatic carbocycles. The largest absolute Gasteiger partial charge is 0.481 e. The van der Waals surface area contributed by atoms with Crippen molar-refractivity contribution in [2.24, 2.45) is 5.92 Å². The van der Waals surface area contributed by atoms with E-state index in [1.54, 1.807) is 24.9 Å². The quantitative estimate of drug-likeness (QED) is 0.743. The molecular formula is C11H16N4O3. The predicted octanol–water partition coefficient (Wildman–Crippen LogP) is 0.0676. The second-order valence-electron chi connectivity index (χ2n) is 4.06. The Balaban J connectivity index is 2.38. The van der Waals surface area contributed by atoms with E-state index in [-0.39, 0.29) is 18.4 Å². The number of amides is 1. The van der Waals surface area contributed by atoms with E-state index in [4.69, 9.17) is 5.11 Å². The Hall–Kier alpha value is -2.02. The van der Waals surface area contributed by atoms with Crippen molar-refractivity contribution >= 4 is 17.8 Å². The highest BCUT2D eigenvalue weighted by molar-refractivity contribution is 5.90. The Morgan fingerprint density at radius 1 is 1.44 bits per heavy atom. The normalized spacial score (nSPS) is 12.2. The SMILES string of the molecule is CC(CN(C)CC(=O)Nc1ncccn1)C(=O)O. The lowest BCUT2D eigenvalue weighted by atomic mass is 10.2. The minimum absolute atomic E-state index is 0.0931. The number of carboxylic acids is 1. The standard InChI is InChI=1S/C11H16N4O3/c1-8(10(17)18)6-15(2)7-9(16)14-11-12-4-3-5-13-11/h3-5,8H,6-7H2,1-2H3,(H,17,18)(H,12,13,14,16). The first-order chi connectivity index (χ1) is 8.49. The van der Waals surface area contributed by atoms with Crippen molar-refractivity contribution in [3.05, 3.63) is 18.5 Å². The van der Waals surface area contributed by atoms with Crippen molar-refractivity contribution in [1.29, 1.82) is 0 Å². The average molecular weight is 252 g/mol. The number of hydrogen-bond acceptors (Lipinski definition) is 5. The number of likely N-dealkylation sites (N-methyl/N-ethyl adjacent to an activating group) is 1. The summed E-state index contributed by atoms with van der Waals surface area (Å²) in [6, 6.07) is 1.65. The van der Waals surface area contributed by atoms with Crippen LogP contribution in [0.25, 0.3) is 0 Å². The minimum Gasteiger partial charge on any atom is -0.481 e. The highest BCUT2D eigenvalue weighted by Crippen LogP contribution is 1.99. The summed E-state index contributed by atoms with van der Waals surface area (Å²) in [5.41, 5.74) is 0. The molecule has 0 aliphatic rings. The van der Waals surface area contributed by atoms with Gasteiger partial charge in [-0.2, -0.15) is 0 Å². The van der Waals surface area contributed by atoms with Crippen molar-refractivity contribution < 1.29 is 14.7 Å². The summed E-state index contributed by atoms with van der Waals surface area (Å²) in [4.78, 5) is 31.6. The van der Waals surface area contributed by atoms with Crippen LogP contribution in [0.2, 0.25) is 0 Å². The van der Waals surface area contributed by atoms with Crippen LogP contribution < -0.4 is 5.32 Å². The molecule has 7 nitrogen and oxygen atoms in total. The Kier molecular flexibility index (Phi) is 5.19. The zero-order valence-corrected chi connectivity index (χ0v) is 10.3. The van der Waals surface area contributed by atoms with Gasteiger partial charge in [0.15, 0.2) is 0 Å². The Labute approximate surface area is 105 Å². The Morgan fingerprint density at radius 3 is 2.61 bits per heavy atom. The van der Waals surface area contributed by atoms with Crippen LogP contribution in [-0.2, 0) is 9.59 Å². The fraction of sp³-hybridized carbons (Fsp3) is 0.455. The molecular weight excluding hydrogens is 236 g/mol. The number of anilines is 1. The van der Waals surface area contributed by atoms with Gasteiger partial charge >= 0.3 is 5.97 Å². The Morgan fingerprint density at radius 2 is 2.06 bits per heavy atom. The predicted molar refractivity (Wildman–Crippen MR) is 65.0 cm³/mol. The monoisotopic (exact) mass is 252 g/mol. The first-order valence-electron chi connectivity index (χ1n) is 5.47. The second kappa shape index (κ2) is 6.65. The van der Waals surface area contributed by atoms with Gasteiger partial charge in [0.2, 0.25) is 11.9 Å². The average Bonchev–Trinajstić information content (AvgIpc) is 2.29. The van der Waals surface area contributed by atoms with Gasteiger partial charge in [-0.25, -0.2) is 9.97 Å². The molecule has 0 fully saturated rings.